The van der Waals surface area contributed by atoms with Gasteiger partial charge < -0.3 is 30.4 Å². The zero-order chi connectivity index (χ0) is 34.2. The highest BCUT2D eigenvalue weighted by molar-refractivity contribution is 6.14. The summed E-state index contributed by atoms with van der Waals surface area (Å²) in [6, 6.07) is 25.6. The summed E-state index contributed by atoms with van der Waals surface area (Å²) in [7, 11) is 3.69. The van der Waals surface area contributed by atoms with Crippen LogP contribution in [0.15, 0.2) is 95.9 Å². The third-order valence-electron chi connectivity index (χ3n) is 8.04. The number of nitrogen functional groups attached to an aromatic ring is 1. The lowest BCUT2D eigenvalue weighted by atomic mass is 10.1. The fourth-order valence-corrected chi connectivity index (χ4v) is 5.21. The molecule has 0 saturated heterocycles. The van der Waals surface area contributed by atoms with Crippen LogP contribution in [0.25, 0.3) is 17.2 Å². The van der Waals surface area contributed by atoms with Crippen LogP contribution in [0.5, 0.6) is 5.88 Å². The summed E-state index contributed by atoms with van der Waals surface area (Å²) in [5, 5.41) is 2.78. The Hall–Kier alpha value is -6.24. The first-order chi connectivity index (χ1) is 23.8. The summed E-state index contributed by atoms with van der Waals surface area (Å²) in [6.07, 6.45) is 4.33. The van der Waals surface area contributed by atoms with Crippen LogP contribution in [0.3, 0.4) is 0 Å². The van der Waals surface area contributed by atoms with E-state index in [0.717, 1.165) is 34.6 Å². The molecule has 6 rings (SSSR count). The highest BCUT2D eigenvalue weighted by atomic mass is 16.5. The Bertz CT molecular complexity index is 1970. The van der Waals surface area contributed by atoms with Crippen molar-refractivity contribution in [2.24, 2.45) is 4.99 Å². The minimum absolute atomic E-state index is 0.0984. The van der Waals surface area contributed by atoms with Crippen LogP contribution in [-0.4, -0.2) is 69.9 Å². The number of aryl methyl sites for hydroxylation is 1. The first-order valence-corrected chi connectivity index (χ1v) is 15.8. The number of aromatic nitrogens is 4. The van der Waals surface area contributed by atoms with E-state index < -0.39 is 6.09 Å². The maximum Gasteiger partial charge on any atom is 0.407 e. The number of fused-ring (bicyclic) bond motifs is 1. The smallest absolute Gasteiger partial charge is 0.407 e. The average Bonchev–Trinajstić information content (AvgIpc) is 3.70. The normalized spacial score (nSPS) is 13.5. The number of ether oxygens (including phenoxy) is 2. The Morgan fingerprint density at radius 2 is 1.73 bits per heavy atom. The predicted molar refractivity (Wildman–Crippen MR) is 188 cm³/mol. The minimum atomic E-state index is -0.498. The molecule has 5 aromatic rings. The molecular formula is C36H37N9O4. The van der Waals surface area contributed by atoms with Gasteiger partial charge in [-0.2, -0.15) is 9.97 Å². The first-order valence-electron chi connectivity index (χ1n) is 15.8. The second kappa shape index (κ2) is 15.1. The van der Waals surface area contributed by atoms with Gasteiger partial charge in [-0.1, -0.05) is 66.7 Å². The number of nitrogens with zero attached hydrogens (tertiary/aromatic N) is 6. The van der Waals surface area contributed by atoms with Gasteiger partial charge in [-0.05, 0) is 46.9 Å². The largest absolute Gasteiger partial charge is 0.471 e. The van der Waals surface area contributed by atoms with Crippen molar-refractivity contribution >= 4 is 46.7 Å². The molecule has 49 heavy (non-hydrogen) atoms. The number of benzene rings is 3. The number of anilines is 2. The van der Waals surface area contributed by atoms with E-state index in [-0.39, 0.29) is 25.1 Å². The number of likely N-dealkylation sites (N-methyl/N-ethyl adjacent to an activating group) is 2. The number of imidazole rings is 1. The summed E-state index contributed by atoms with van der Waals surface area (Å²) in [4.78, 5) is 48.6. The van der Waals surface area contributed by atoms with Gasteiger partial charge in [-0.25, -0.2) is 14.8 Å². The van der Waals surface area contributed by atoms with Crippen LogP contribution in [0, 0.1) is 0 Å². The van der Waals surface area contributed by atoms with Gasteiger partial charge in [0.15, 0.2) is 11.2 Å². The van der Waals surface area contributed by atoms with Crippen LogP contribution in [0.2, 0.25) is 0 Å². The molecule has 1 aliphatic heterocycles. The third-order valence-corrected chi connectivity index (χ3v) is 8.04. The monoisotopic (exact) mass is 659 g/mol. The Labute approximate surface area is 283 Å². The molecule has 2 amide bonds. The Morgan fingerprint density at radius 1 is 0.980 bits per heavy atom. The standard InChI is InChI=1S/C36H37N9O4/c1-44(28-15-12-25(13-16-28)20-29-34(46)45(2)30(41-29)17-14-24-6-4-3-5-7-24)18-19-48-36(47)38-21-26-8-10-27(11-9-26)22-49-33-31-32(40-23-39-31)42-35(37)43-33/h3-13,15-16,20,23H,14,17-19,21-22H2,1-2H3,(H,38,47)(H3,37,39,40,42,43)/b29-20-. The average molecular weight is 660 g/mol. The Balaban J connectivity index is 0.916. The topological polar surface area (TPSA) is 164 Å². The number of rotatable bonds is 13. The first kappa shape index (κ1) is 32.7. The Kier molecular flexibility index (Phi) is 10.1. The van der Waals surface area contributed by atoms with Crippen LogP contribution in [0.1, 0.15) is 28.7 Å². The maximum absolute atomic E-state index is 12.8. The van der Waals surface area contributed by atoms with Gasteiger partial charge in [-0.15, -0.1) is 0 Å². The van der Waals surface area contributed by atoms with Crippen molar-refractivity contribution in [1.29, 1.82) is 0 Å². The van der Waals surface area contributed by atoms with Crippen molar-refractivity contribution in [2.75, 3.05) is 37.9 Å². The van der Waals surface area contributed by atoms with Gasteiger partial charge in [0.1, 0.15) is 24.7 Å². The summed E-state index contributed by atoms with van der Waals surface area (Å²) in [6.45, 7) is 1.30. The lowest BCUT2D eigenvalue weighted by Gasteiger charge is -2.19. The number of amides is 2. The van der Waals surface area contributed by atoms with E-state index in [2.05, 4.69) is 42.4 Å². The van der Waals surface area contributed by atoms with Gasteiger partial charge in [0, 0.05) is 32.7 Å². The highest BCUT2D eigenvalue weighted by Crippen LogP contribution is 2.22. The molecule has 13 nitrogen and oxygen atoms in total. The second-order valence-corrected chi connectivity index (χ2v) is 11.5. The molecule has 3 aromatic carbocycles. The van der Waals surface area contributed by atoms with E-state index >= 15 is 0 Å². The SMILES string of the molecule is CN1C(=O)/C(=C/c2ccc(N(C)CCOC(=O)NCc3ccc(COc4nc(N)nc5[nH]cnc45)cc3)cc2)N=C1CCc1ccccc1. The predicted octanol–water partition coefficient (Wildman–Crippen LogP) is 4.72. The van der Waals surface area contributed by atoms with Crippen molar-refractivity contribution in [1.82, 2.24) is 30.2 Å². The summed E-state index contributed by atoms with van der Waals surface area (Å²) < 4.78 is 11.2. The van der Waals surface area contributed by atoms with Gasteiger partial charge in [0.05, 0.1) is 12.9 Å². The van der Waals surface area contributed by atoms with Gasteiger partial charge >= 0.3 is 6.09 Å². The van der Waals surface area contributed by atoms with Crippen molar-refractivity contribution in [2.45, 2.75) is 26.0 Å². The molecule has 0 bridgehead atoms. The third kappa shape index (κ3) is 8.38. The maximum atomic E-state index is 12.8. The minimum Gasteiger partial charge on any atom is -0.471 e. The van der Waals surface area contributed by atoms with E-state index in [0.29, 0.717) is 42.3 Å². The number of H-pyrrole nitrogens is 1. The van der Waals surface area contributed by atoms with Crippen LogP contribution >= 0.6 is 0 Å². The van der Waals surface area contributed by atoms with E-state index in [1.165, 1.54) is 11.9 Å². The van der Waals surface area contributed by atoms with Crippen molar-refractivity contribution in [3.8, 4) is 5.88 Å². The van der Waals surface area contributed by atoms with Crippen molar-refractivity contribution in [3.63, 3.8) is 0 Å². The van der Waals surface area contributed by atoms with E-state index in [4.69, 9.17) is 15.2 Å². The van der Waals surface area contributed by atoms with Crippen LogP contribution < -0.4 is 20.7 Å². The van der Waals surface area contributed by atoms with Gasteiger partial charge in [-0.3, -0.25) is 9.69 Å². The summed E-state index contributed by atoms with van der Waals surface area (Å²) in [5.41, 5.74) is 12.1. The summed E-state index contributed by atoms with van der Waals surface area (Å²) >= 11 is 0. The molecular weight excluding hydrogens is 622 g/mol. The zero-order valence-electron chi connectivity index (χ0n) is 27.3. The van der Waals surface area contributed by atoms with Gasteiger partial charge in [0.25, 0.3) is 5.91 Å². The molecule has 4 N–H and O–H groups in total. The molecule has 250 valence electrons. The molecule has 0 atom stereocenters. The number of carbonyl (C=O) groups excluding carboxylic acids is 2. The number of alkyl carbamates (subject to hydrolysis) is 1. The number of nitrogens with one attached hydrogen (secondary N) is 2. The number of nitrogens with two attached hydrogens (primary N) is 1. The van der Waals surface area contributed by atoms with E-state index in [1.54, 1.807) is 11.9 Å². The molecule has 0 saturated carbocycles. The molecule has 1 aliphatic rings. The fourth-order valence-electron chi connectivity index (χ4n) is 5.21. The number of hydrogen-bond donors (Lipinski definition) is 3. The van der Waals surface area contributed by atoms with Crippen LogP contribution in [-0.2, 0) is 29.1 Å². The van der Waals surface area contributed by atoms with Crippen molar-refractivity contribution in [3.05, 3.63) is 113 Å². The molecule has 0 fully saturated rings. The lowest BCUT2D eigenvalue weighted by Crippen LogP contribution is -2.28. The molecule has 0 radical (unpaired) electrons. The van der Waals surface area contributed by atoms with E-state index in [9.17, 15) is 9.59 Å². The highest BCUT2D eigenvalue weighted by Gasteiger charge is 2.26. The zero-order valence-corrected chi connectivity index (χ0v) is 27.3. The second-order valence-electron chi connectivity index (χ2n) is 11.5. The number of hydrogen-bond acceptors (Lipinski definition) is 10. The lowest BCUT2D eigenvalue weighted by molar-refractivity contribution is -0.121. The number of aromatic amines is 1. The molecule has 0 aliphatic carbocycles. The number of carbonyl (C=O) groups is 2. The van der Waals surface area contributed by atoms with Crippen molar-refractivity contribution < 1.29 is 19.1 Å². The quantitative estimate of drug-likeness (QED) is 0.152. The molecule has 0 spiro atoms. The molecule has 0 unspecified atom stereocenters. The van der Waals surface area contributed by atoms with Gasteiger partial charge in [0.2, 0.25) is 11.8 Å². The number of amidine groups is 1. The number of aliphatic imine (C=N–C) groups is 1. The Morgan fingerprint density at radius 3 is 2.51 bits per heavy atom. The van der Waals surface area contributed by atoms with E-state index in [1.807, 2.05) is 84.8 Å². The van der Waals surface area contributed by atoms with Crippen LogP contribution in [0.4, 0.5) is 16.4 Å². The molecule has 3 heterocycles. The fraction of sp³-hybridized carbons (Fsp3) is 0.222. The molecule has 2 aromatic heterocycles. The molecule has 13 heteroatoms. The summed E-state index contributed by atoms with van der Waals surface area (Å²) in [5.74, 6) is 1.06.